The number of hydrogen-bond donors (Lipinski definition) is 1. The lowest BCUT2D eigenvalue weighted by atomic mass is 9.96. The first kappa shape index (κ1) is 21.9. The van der Waals surface area contributed by atoms with Gasteiger partial charge >= 0.3 is 6.03 Å². The lowest BCUT2D eigenvalue weighted by Crippen LogP contribution is -2.60. The number of urea groups is 1. The zero-order valence-electron chi connectivity index (χ0n) is 18.4. The first-order valence-electron chi connectivity index (χ1n) is 10.8. The van der Waals surface area contributed by atoms with Crippen molar-refractivity contribution in [1.29, 1.82) is 5.26 Å². The molecule has 1 N–H and O–H groups in total. The van der Waals surface area contributed by atoms with Gasteiger partial charge in [0.2, 0.25) is 0 Å². The number of tetrazole rings is 1. The number of fused-ring (bicyclic) bond motifs is 1. The molecule has 0 bridgehead atoms. The van der Waals surface area contributed by atoms with E-state index >= 15 is 0 Å². The monoisotopic (exact) mass is 463 g/mol. The molecular weight excluding hydrogens is 441 g/mol. The van der Waals surface area contributed by atoms with Crippen LogP contribution in [0.2, 0.25) is 0 Å². The van der Waals surface area contributed by atoms with Gasteiger partial charge in [-0.1, -0.05) is 6.07 Å². The lowest BCUT2D eigenvalue weighted by Gasteiger charge is -2.46. The summed E-state index contributed by atoms with van der Waals surface area (Å²) >= 11 is 0. The summed E-state index contributed by atoms with van der Waals surface area (Å²) in [6.07, 6.45) is 2.76. The number of halogens is 1. The van der Waals surface area contributed by atoms with Crippen molar-refractivity contribution in [2.75, 3.05) is 38.1 Å². The van der Waals surface area contributed by atoms with E-state index in [0.717, 1.165) is 5.56 Å². The second kappa shape index (κ2) is 9.12. The van der Waals surface area contributed by atoms with Crippen molar-refractivity contribution in [2.45, 2.75) is 19.1 Å². The molecule has 2 fully saturated rings. The topological polar surface area (TPSA) is 125 Å². The number of nitrogens with one attached hydrogen (secondary N) is 1. The van der Waals surface area contributed by atoms with Gasteiger partial charge in [0.25, 0.3) is 0 Å². The Morgan fingerprint density at radius 1 is 1.26 bits per heavy atom. The summed E-state index contributed by atoms with van der Waals surface area (Å²) in [4.78, 5) is 21.1. The summed E-state index contributed by atoms with van der Waals surface area (Å²) in [5.41, 5.74) is 2.08. The number of ether oxygens (including phenoxy) is 1. The number of nitriles is 1. The Balaban J connectivity index is 1.19. The van der Waals surface area contributed by atoms with E-state index in [1.54, 1.807) is 36.2 Å². The molecule has 11 nitrogen and oxygen atoms in total. The minimum Gasteiger partial charge on any atom is -0.370 e. The molecule has 4 heterocycles. The standard InChI is InChI=1S/C22H22FN9O2/c1-14-17(3-4-19(23)18(14)8-24)20-11-30-6-7-31(10-16(30)12-34-20)22(33)27-15-2-5-21(25-9-15)32-13-26-28-29-32/h2-5,9,13,16,20H,6-7,10-12H2,1H3,(H,27,33)/t16?,20-/m0/s1. The maximum Gasteiger partial charge on any atom is 0.321 e. The largest absolute Gasteiger partial charge is 0.370 e. The van der Waals surface area contributed by atoms with Crippen LogP contribution in [0.15, 0.2) is 36.8 Å². The summed E-state index contributed by atoms with van der Waals surface area (Å²) < 4.78 is 21.4. The van der Waals surface area contributed by atoms with Crippen LogP contribution in [0.3, 0.4) is 0 Å². The number of amides is 2. The molecule has 2 aliphatic rings. The van der Waals surface area contributed by atoms with E-state index in [-0.39, 0.29) is 23.7 Å². The van der Waals surface area contributed by atoms with Crippen LogP contribution in [-0.4, -0.2) is 79.8 Å². The van der Waals surface area contributed by atoms with E-state index in [2.05, 4.69) is 30.7 Å². The molecule has 0 radical (unpaired) electrons. The zero-order chi connectivity index (χ0) is 23.7. The molecule has 2 aromatic heterocycles. The van der Waals surface area contributed by atoms with E-state index in [0.29, 0.717) is 49.9 Å². The maximum atomic E-state index is 13.9. The molecule has 12 heteroatoms. The average Bonchev–Trinajstić information content (AvgIpc) is 3.39. The second-order valence-corrected chi connectivity index (χ2v) is 8.25. The Hall–Kier alpha value is -3.95. The van der Waals surface area contributed by atoms with Crippen molar-refractivity contribution in [2.24, 2.45) is 0 Å². The number of nitrogens with zero attached hydrogens (tertiary/aromatic N) is 8. The molecule has 5 rings (SSSR count). The Bertz CT molecular complexity index is 1230. The van der Waals surface area contributed by atoms with Gasteiger partial charge in [-0.15, -0.1) is 5.10 Å². The second-order valence-electron chi connectivity index (χ2n) is 8.25. The maximum absolute atomic E-state index is 13.9. The van der Waals surface area contributed by atoms with Gasteiger partial charge in [-0.3, -0.25) is 4.90 Å². The molecule has 2 aliphatic heterocycles. The highest BCUT2D eigenvalue weighted by molar-refractivity contribution is 5.89. The number of morpholine rings is 1. The quantitative estimate of drug-likeness (QED) is 0.622. The molecule has 2 saturated heterocycles. The van der Waals surface area contributed by atoms with Gasteiger partial charge in [-0.05, 0) is 46.7 Å². The Morgan fingerprint density at radius 2 is 2.15 bits per heavy atom. The third-order valence-corrected chi connectivity index (χ3v) is 6.28. The van der Waals surface area contributed by atoms with Crippen LogP contribution in [0.4, 0.5) is 14.9 Å². The highest BCUT2D eigenvalue weighted by Crippen LogP contribution is 2.31. The molecule has 0 saturated carbocycles. The van der Waals surface area contributed by atoms with Crippen molar-refractivity contribution in [1.82, 2.24) is 35.0 Å². The predicted octanol–water partition coefficient (Wildman–Crippen LogP) is 1.67. The fourth-order valence-electron chi connectivity index (χ4n) is 4.40. The fraction of sp³-hybridized carbons (Fsp3) is 0.364. The van der Waals surface area contributed by atoms with E-state index in [9.17, 15) is 14.4 Å². The number of carbonyl (C=O) groups excluding carboxylic acids is 1. The SMILES string of the molecule is Cc1c([C@@H]2CN3CCN(C(=O)Nc4ccc(-n5cnnn5)nc4)CC3CO2)ccc(F)c1C#N. The third-order valence-electron chi connectivity index (χ3n) is 6.28. The molecule has 1 unspecified atom stereocenters. The van der Waals surface area contributed by atoms with Gasteiger partial charge < -0.3 is 15.0 Å². The molecule has 0 aliphatic carbocycles. The Morgan fingerprint density at radius 3 is 2.88 bits per heavy atom. The van der Waals surface area contributed by atoms with Crippen LogP contribution in [0.5, 0.6) is 0 Å². The number of carbonyl (C=O) groups is 1. The molecule has 3 aromatic rings. The van der Waals surface area contributed by atoms with Crippen molar-refractivity contribution >= 4 is 11.7 Å². The van der Waals surface area contributed by atoms with E-state index in [4.69, 9.17) is 4.74 Å². The highest BCUT2D eigenvalue weighted by atomic mass is 19.1. The fourth-order valence-corrected chi connectivity index (χ4v) is 4.40. The number of benzene rings is 1. The van der Waals surface area contributed by atoms with Crippen LogP contribution in [0.25, 0.3) is 5.82 Å². The van der Waals surface area contributed by atoms with E-state index in [1.807, 2.05) is 6.07 Å². The summed E-state index contributed by atoms with van der Waals surface area (Å²) in [5, 5.41) is 23.1. The number of rotatable bonds is 3. The average molecular weight is 463 g/mol. The van der Waals surface area contributed by atoms with E-state index in [1.165, 1.54) is 17.1 Å². The molecule has 0 spiro atoms. The summed E-state index contributed by atoms with van der Waals surface area (Å²) in [6.45, 7) is 4.60. The lowest BCUT2D eigenvalue weighted by molar-refractivity contribution is -0.0844. The Kier molecular flexibility index (Phi) is 5.87. The Labute approximate surface area is 194 Å². The number of anilines is 1. The van der Waals surface area contributed by atoms with Crippen LogP contribution < -0.4 is 5.32 Å². The van der Waals surface area contributed by atoms with Crippen LogP contribution in [0.1, 0.15) is 22.8 Å². The summed E-state index contributed by atoms with van der Waals surface area (Å²) in [7, 11) is 0. The van der Waals surface area contributed by atoms with Gasteiger partial charge in [0.15, 0.2) is 5.82 Å². The normalized spacial score (nSPS) is 20.4. The zero-order valence-corrected chi connectivity index (χ0v) is 18.4. The van der Waals surface area contributed by atoms with Crippen molar-refractivity contribution in [3.8, 4) is 11.9 Å². The van der Waals surface area contributed by atoms with Crippen molar-refractivity contribution < 1.29 is 13.9 Å². The van der Waals surface area contributed by atoms with Gasteiger partial charge in [0, 0.05) is 26.2 Å². The van der Waals surface area contributed by atoms with Gasteiger partial charge in [0.05, 0.1) is 36.2 Å². The third kappa shape index (κ3) is 4.18. The number of pyridine rings is 1. The summed E-state index contributed by atoms with van der Waals surface area (Å²) in [6, 6.07) is 8.27. The smallest absolute Gasteiger partial charge is 0.321 e. The first-order valence-corrected chi connectivity index (χ1v) is 10.8. The molecule has 1 aromatic carbocycles. The highest BCUT2D eigenvalue weighted by Gasteiger charge is 2.36. The molecule has 34 heavy (non-hydrogen) atoms. The molecular formula is C22H22FN9O2. The molecule has 2 atom stereocenters. The van der Waals surface area contributed by atoms with Gasteiger partial charge in [-0.2, -0.15) is 9.94 Å². The van der Waals surface area contributed by atoms with Crippen molar-refractivity contribution in [3.05, 3.63) is 59.3 Å². The summed E-state index contributed by atoms with van der Waals surface area (Å²) in [5.74, 6) is 0.0288. The van der Waals surface area contributed by atoms with Crippen LogP contribution >= 0.6 is 0 Å². The number of piperazine rings is 1. The number of hydrogen-bond acceptors (Lipinski definition) is 8. The predicted molar refractivity (Wildman–Crippen MR) is 117 cm³/mol. The van der Waals surface area contributed by atoms with Crippen molar-refractivity contribution in [3.63, 3.8) is 0 Å². The minimum absolute atomic E-state index is 0.0604. The minimum atomic E-state index is -0.516. The van der Waals surface area contributed by atoms with Gasteiger partial charge in [-0.25, -0.2) is 14.2 Å². The van der Waals surface area contributed by atoms with Crippen LogP contribution in [0, 0.1) is 24.1 Å². The first-order chi connectivity index (χ1) is 16.5. The number of aromatic nitrogens is 5. The molecule has 174 valence electrons. The van der Waals surface area contributed by atoms with E-state index < -0.39 is 5.82 Å². The van der Waals surface area contributed by atoms with Gasteiger partial charge in [0.1, 0.15) is 18.2 Å². The molecule has 2 amide bonds. The van der Waals surface area contributed by atoms with Crippen LogP contribution in [-0.2, 0) is 4.74 Å².